The Kier molecular flexibility index (Phi) is 11.6. The monoisotopic (exact) mass is 638 g/mol. The first-order valence-corrected chi connectivity index (χ1v) is 14.2. The molecule has 1 aliphatic carbocycles. The van der Waals surface area contributed by atoms with Crippen molar-refractivity contribution >= 4 is 12.0 Å². The minimum Gasteiger partial charge on any atom is -0.504 e. The van der Waals surface area contributed by atoms with Crippen molar-refractivity contribution in [2.45, 2.75) is 68.0 Å². The van der Waals surface area contributed by atoms with E-state index in [2.05, 4.69) is 0 Å². The summed E-state index contributed by atoms with van der Waals surface area (Å²) in [5, 5.41) is 101. The number of ether oxygens (including phenoxy) is 4. The molecule has 10 atom stereocenters. The van der Waals surface area contributed by atoms with Crippen molar-refractivity contribution in [1.29, 1.82) is 0 Å². The van der Waals surface area contributed by atoms with Gasteiger partial charge in [-0.05, 0) is 54.3 Å². The lowest BCUT2D eigenvalue weighted by atomic mass is 9.80. The second kappa shape index (κ2) is 15.2. The number of carbonyl (C=O) groups is 1. The summed E-state index contributed by atoms with van der Waals surface area (Å²) in [6.07, 6.45) is -11.1. The average Bonchev–Trinajstić information content (AvgIpc) is 3.01. The summed E-state index contributed by atoms with van der Waals surface area (Å²) < 4.78 is 22.3. The van der Waals surface area contributed by atoms with Crippen molar-refractivity contribution in [3.05, 3.63) is 53.6 Å². The number of aliphatic hydroxyl groups is 6. The molecule has 15 heteroatoms. The maximum Gasteiger partial charge on any atom is 0.330 e. The first-order chi connectivity index (χ1) is 21.4. The largest absolute Gasteiger partial charge is 0.504 e. The third-order valence-electron chi connectivity index (χ3n) is 7.83. The van der Waals surface area contributed by atoms with Crippen LogP contribution in [0.15, 0.2) is 42.5 Å². The number of hydrogen-bond acceptors (Lipinski definition) is 15. The molecular formula is C30H38O15. The van der Waals surface area contributed by atoms with Gasteiger partial charge in [-0.15, -0.1) is 0 Å². The molecule has 1 saturated heterocycles. The number of rotatable bonds is 11. The molecule has 248 valence electrons. The number of phenols is 4. The summed E-state index contributed by atoms with van der Waals surface area (Å²) in [5.41, 5.74) is 1.01. The van der Waals surface area contributed by atoms with Crippen molar-refractivity contribution in [2.24, 2.45) is 5.92 Å². The quantitative estimate of drug-likeness (QED) is 0.0773. The Balaban J connectivity index is 1.45. The molecule has 10 unspecified atom stereocenters. The van der Waals surface area contributed by atoms with Crippen molar-refractivity contribution < 1.29 is 74.8 Å². The third-order valence-corrected chi connectivity index (χ3v) is 7.83. The first-order valence-electron chi connectivity index (χ1n) is 14.2. The number of aromatic hydroxyl groups is 4. The maximum absolute atomic E-state index is 12.4. The lowest BCUT2D eigenvalue weighted by Crippen LogP contribution is -2.63. The highest BCUT2D eigenvalue weighted by Crippen LogP contribution is 2.34. The third kappa shape index (κ3) is 8.40. The normalized spacial score (nSPS) is 32.0. The molecule has 2 aromatic carbocycles. The molecule has 0 amide bonds. The van der Waals surface area contributed by atoms with Crippen LogP contribution in [0.2, 0.25) is 0 Å². The van der Waals surface area contributed by atoms with E-state index in [1.54, 1.807) is 6.07 Å². The predicted molar refractivity (Wildman–Crippen MR) is 152 cm³/mol. The van der Waals surface area contributed by atoms with Crippen LogP contribution < -0.4 is 0 Å². The zero-order valence-electron chi connectivity index (χ0n) is 23.9. The number of phenolic OH excluding ortho intramolecular Hbond substituents is 4. The number of esters is 1. The molecule has 0 spiro atoms. The van der Waals surface area contributed by atoms with Gasteiger partial charge in [-0.1, -0.05) is 12.1 Å². The van der Waals surface area contributed by atoms with Crippen LogP contribution in [0.25, 0.3) is 6.08 Å². The predicted octanol–water partition coefficient (Wildman–Crippen LogP) is -1.38. The van der Waals surface area contributed by atoms with Crippen LogP contribution in [-0.4, -0.2) is 132 Å². The number of hydrogen-bond donors (Lipinski definition) is 10. The van der Waals surface area contributed by atoms with Gasteiger partial charge in [0.2, 0.25) is 0 Å². The fourth-order valence-corrected chi connectivity index (χ4v) is 5.19. The second-order valence-electron chi connectivity index (χ2n) is 11.0. The lowest BCUT2D eigenvalue weighted by Gasteiger charge is -2.46. The lowest BCUT2D eigenvalue weighted by molar-refractivity contribution is -0.333. The molecule has 0 radical (unpaired) electrons. The van der Waals surface area contributed by atoms with E-state index >= 15 is 0 Å². The van der Waals surface area contributed by atoms with Gasteiger partial charge in [0.15, 0.2) is 29.3 Å². The average molecular weight is 639 g/mol. The van der Waals surface area contributed by atoms with Crippen LogP contribution in [0.3, 0.4) is 0 Å². The van der Waals surface area contributed by atoms with Crippen LogP contribution in [0.5, 0.6) is 23.0 Å². The topological polar surface area (TPSA) is 256 Å². The molecule has 1 heterocycles. The Morgan fingerprint density at radius 2 is 1.53 bits per heavy atom. The molecule has 2 aliphatic rings. The zero-order chi connectivity index (χ0) is 32.8. The Morgan fingerprint density at radius 3 is 2.20 bits per heavy atom. The minimum absolute atomic E-state index is 0.0134. The van der Waals surface area contributed by atoms with Crippen LogP contribution in [0, 0.1) is 5.92 Å². The summed E-state index contributed by atoms with van der Waals surface area (Å²) in [7, 11) is 0. The van der Waals surface area contributed by atoms with E-state index in [1.165, 1.54) is 36.4 Å². The second-order valence-corrected chi connectivity index (χ2v) is 11.0. The first kappa shape index (κ1) is 34.4. The van der Waals surface area contributed by atoms with Crippen LogP contribution in [0.1, 0.15) is 17.5 Å². The summed E-state index contributed by atoms with van der Waals surface area (Å²) in [6.45, 7) is -1.07. The standard InChI is InChI=1S/C30H38O15/c31-12-22-25(38)27(40)28(41)30(44-22)45-29-24(37)16(13-43-23(36)6-3-14-1-4-17(32)19(34)9-14)11-21(26(29)39)42-8-7-15-2-5-18(33)20(35)10-15/h1-6,9-10,16,21-22,24-35,37-41H,7-8,11-13H2. The van der Waals surface area contributed by atoms with Crippen LogP contribution in [0.4, 0.5) is 0 Å². The van der Waals surface area contributed by atoms with E-state index < -0.39 is 73.6 Å². The van der Waals surface area contributed by atoms with Crippen LogP contribution in [-0.2, 0) is 30.2 Å². The molecule has 0 bridgehead atoms. The fourth-order valence-electron chi connectivity index (χ4n) is 5.19. The van der Waals surface area contributed by atoms with E-state index in [9.17, 15) is 55.9 Å². The highest BCUT2D eigenvalue weighted by Gasteiger charge is 2.50. The molecule has 1 aliphatic heterocycles. The van der Waals surface area contributed by atoms with Gasteiger partial charge in [-0.3, -0.25) is 0 Å². The van der Waals surface area contributed by atoms with Gasteiger partial charge in [-0.25, -0.2) is 4.79 Å². The molecule has 4 rings (SSSR count). The van der Waals surface area contributed by atoms with E-state index in [0.29, 0.717) is 11.1 Å². The Hall–Kier alpha value is -3.51. The van der Waals surface area contributed by atoms with Gasteiger partial charge < -0.3 is 70.0 Å². The molecule has 2 fully saturated rings. The van der Waals surface area contributed by atoms with Gasteiger partial charge in [0.1, 0.15) is 36.6 Å². The highest BCUT2D eigenvalue weighted by atomic mass is 16.7. The molecule has 45 heavy (non-hydrogen) atoms. The summed E-state index contributed by atoms with van der Waals surface area (Å²) in [5.74, 6) is -3.01. The molecular weight excluding hydrogens is 600 g/mol. The van der Waals surface area contributed by atoms with Gasteiger partial charge in [0.05, 0.1) is 32.0 Å². The van der Waals surface area contributed by atoms with E-state index in [1.807, 2.05) is 0 Å². The highest BCUT2D eigenvalue weighted by molar-refractivity contribution is 5.87. The van der Waals surface area contributed by atoms with Gasteiger partial charge in [0, 0.05) is 12.0 Å². The molecule has 0 aromatic heterocycles. The minimum atomic E-state index is -1.81. The smallest absolute Gasteiger partial charge is 0.330 e. The number of benzene rings is 2. The summed E-state index contributed by atoms with van der Waals surface area (Å²) >= 11 is 0. The fraction of sp³-hybridized carbons (Fsp3) is 0.500. The summed E-state index contributed by atoms with van der Waals surface area (Å²) in [6, 6.07) is 8.15. The van der Waals surface area contributed by atoms with E-state index in [4.69, 9.17) is 18.9 Å². The van der Waals surface area contributed by atoms with E-state index in [0.717, 1.165) is 6.08 Å². The maximum atomic E-state index is 12.4. The van der Waals surface area contributed by atoms with Crippen molar-refractivity contribution in [3.8, 4) is 23.0 Å². The van der Waals surface area contributed by atoms with Gasteiger partial charge in [0.25, 0.3) is 0 Å². The summed E-state index contributed by atoms with van der Waals surface area (Å²) in [4.78, 5) is 12.4. The molecule has 15 nitrogen and oxygen atoms in total. The van der Waals surface area contributed by atoms with E-state index in [-0.39, 0.29) is 49.1 Å². The van der Waals surface area contributed by atoms with Gasteiger partial charge >= 0.3 is 5.97 Å². The molecule has 1 saturated carbocycles. The Bertz CT molecular complexity index is 1320. The molecule has 10 N–H and O–H groups in total. The van der Waals surface area contributed by atoms with Crippen molar-refractivity contribution in [2.75, 3.05) is 19.8 Å². The SMILES string of the molecule is O=C(C=Cc1ccc(O)c(O)c1)OCC1CC(OCCc2ccc(O)c(O)c2)C(O)C(OC2OC(CO)C(O)C(O)C2O)C1O. The number of carbonyl (C=O) groups excluding carboxylic acids is 1. The Labute approximate surface area is 257 Å². The van der Waals surface area contributed by atoms with Gasteiger partial charge in [-0.2, -0.15) is 0 Å². The molecule has 2 aromatic rings. The Morgan fingerprint density at radius 1 is 0.844 bits per heavy atom. The van der Waals surface area contributed by atoms with Crippen molar-refractivity contribution in [3.63, 3.8) is 0 Å². The number of aliphatic hydroxyl groups excluding tert-OH is 6. The van der Waals surface area contributed by atoms with Crippen LogP contribution >= 0.6 is 0 Å². The van der Waals surface area contributed by atoms with Crippen molar-refractivity contribution in [1.82, 2.24) is 0 Å². The zero-order valence-corrected chi connectivity index (χ0v) is 23.9.